The molecule has 1 unspecified atom stereocenters. The Morgan fingerprint density at radius 2 is 2.19 bits per heavy atom. The number of aliphatic hydroxyl groups is 1. The third-order valence-corrected chi connectivity index (χ3v) is 6.79. The van der Waals surface area contributed by atoms with E-state index in [1.54, 1.807) is 6.92 Å². The van der Waals surface area contributed by atoms with Gasteiger partial charge in [0.1, 0.15) is 0 Å². The van der Waals surface area contributed by atoms with Crippen molar-refractivity contribution in [3.63, 3.8) is 0 Å². The standard InChI is InChI=1S/C20H24N2O4/c1-20(25)15-9-22-7-6-12-11-4-2-3-5-16(11)21-18(12)17(22)8-13(15)14(10-26-20)19(23)24/h2-5,13-15,17,21,25H,6-10H2,1H3,(H,23,24)/t13-,14?,15+,17+,20-/m1/s1. The highest BCUT2D eigenvalue weighted by Crippen LogP contribution is 2.49. The fraction of sp³-hybridized carbons (Fsp3) is 0.550. The number of carbonyl (C=O) groups is 1. The van der Waals surface area contributed by atoms with Crippen LogP contribution in [-0.4, -0.2) is 51.5 Å². The Morgan fingerprint density at radius 1 is 1.38 bits per heavy atom. The quantitative estimate of drug-likeness (QED) is 0.729. The third-order valence-electron chi connectivity index (χ3n) is 6.79. The second kappa shape index (κ2) is 5.55. The first-order valence-corrected chi connectivity index (χ1v) is 9.38. The maximum absolute atomic E-state index is 11.8. The number of rotatable bonds is 1. The molecule has 3 N–H and O–H groups in total. The zero-order valence-corrected chi connectivity index (χ0v) is 14.8. The fourth-order valence-corrected chi connectivity index (χ4v) is 5.42. The lowest BCUT2D eigenvalue weighted by atomic mass is 9.68. The van der Waals surface area contributed by atoms with E-state index in [4.69, 9.17) is 4.74 Å². The lowest BCUT2D eigenvalue weighted by molar-refractivity contribution is -0.286. The maximum Gasteiger partial charge on any atom is 0.309 e. The number of hydrogen-bond acceptors (Lipinski definition) is 4. The van der Waals surface area contributed by atoms with Crippen LogP contribution >= 0.6 is 0 Å². The second-order valence-corrected chi connectivity index (χ2v) is 8.14. The summed E-state index contributed by atoms with van der Waals surface area (Å²) < 4.78 is 5.55. The normalized spacial score (nSPS) is 37.0. The fourth-order valence-electron chi connectivity index (χ4n) is 5.42. The molecule has 2 fully saturated rings. The van der Waals surface area contributed by atoms with Crippen LogP contribution in [0, 0.1) is 17.8 Å². The molecule has 6 nitrogen and oxygen atoms in total. The molecule has 0 spiro atoms. The number of carboxylic acid groups (broad SMARTS) is 1. The second-order valence-electron chi connectivity index (χ2n) is 8.14. The number of nitrogens with one attached hydrogen (secondary N) is 1. The number of hydrogen-bond donors (Lipinski definition) is 3. The van der Waals surface area contributed by atoms with Gasteiger partial charge in [-0.1, -0.05) is 18.2 Å². The highest BCUT2D eigenvalue weighted by molar-refractivity contribution is 5.85. The van der Waals surface area contributed by atoms with Crippen LogP contribution in [-0.2, 0) is 16.0 Å². The molecule has 6 heteroatoms. The van der Waals surface area contributed by atoms with Crippen LogP contribution in [0.5, 0.6) is 0 Å². The van der Waals surface area contributed by atoms with E-state index in [1.165, 1.54) is 16.6 Å². The molecule has 3 aliphatic heterocycles. The lowest BCUT2D eigenvalue weighted by Crippen LogP contribution is -2.60. The molecule has 3 aliphatic rings. The average molecular weight is 356 g/mol. The van der Waals surface area contributed by atoms with Gasteiger partial charge in [-0.2, -0.15) is 0 Å². The van der Waals surface area contributed by atoms with E-state index in [1.807, 2.05) is 6.07 Å². The minimum absolute atomic E-state index is 0.0791. The van der Waals surface area contributed by atoms with Crippen molar-refractivity contribution in [1.82, 2.24) is 9.88 Å². The van der Waals surface area contributed by atoms with E-state index in [-0.39, 0.29) is 24.5 Å². The first-order valence-electron chi connectivity index (χ1n) is 9.38. The van der Waals surface area contributed by atoms with E-state index >= 15 is 0 Å². The molecule has 0 bridgehead atoms. The largest absolute Gasteiger partial charge is 0.481 e. The summed E-state index contributed by atoms with van der Waals surface area (Å²) in [7, 11) is 0. The predicted molar refractivity (Wildman–Crippen MR) is 95.6 cm³/mol. The van der Waals surface area contributed by atoms with E-state index in [0.29, 0.717) is 6.54 Å². The number of carboxylic acids is 1. The van der Waals surface area contributed by atoms with Gasteiger partial charge in [0.15, 0.2) is 5.79 Å². The molecule has 0 radical (unpaired) electrons. The monoisotopic (exact) mass is 356 g/mol. The Kier molecular flexibility index (Phi) is 3.48. The molecule has 1 aromatic carbocycles. The Labute approximate surface area is 151 Å². The average Bonchev–Trinajstić information content (AvgIpc) is 2.99. The van der Waals surface area contributed by atoms with Gasteiger partial charge in [0.25, 0.3) is 0 Å². The molecule has 5 rings (SSSR count). The van der Waals surface area contributed by atoms with Crippen LogP contribution in [0.4, 0.5) is 0 Å². The van der Waals surface area contributed by atoms with Crippen molar-refractivity contribution < 1.29 is 19.7 Å². The Bertz CT molecular complexity index is 874. The highest BCUT2D eigenvalue weighted by atomic mass is 16.6. The lowest BCUT2D eigenvalue weighted by Gasteiger charge is -2.53. The summed E-state index contributed by atoms with van der Waals surface area (Å²) in [6.45, 7) is 3.36. The third kappa shape index (κ3) is 2.25. The molecular formula is C20H24N2O4. The van der Waals surface area contributed by atoms with Gasteiger partial charge in [-0.15, -0.1) is 0 Å². The van der Waals surface area contributed by atoms with Gasteiger partial charge in [-0.05, 0) is 37.3 Å². The van der Waals surface area contributed by atoms with Gasteiger partial charge in [0, 0.05) is 35.6 Å². The number of ether oxygens (including phenoxy) is 1. The first kappa shape index (κ1) is 16.3. The van der Waals surface area contributed by atoms with Crippen molar-refractivity contribution in [2.75, 3.05) is 19.7 Å². The molecule has 26 heavy (non-hydrogen) atoms. The molecule has 4 heterocycles. The van der Waals surface area contributed by atoms with Crippen LogP contribution in [0.1, 0.15) is 30.6 Å². The molecule has 0 amide bonds. The topological polar surface area (TPSA) is 85.8 Å². The van der Waals surface area contributed by atoms with Crippen LogP contribution < -0.4 is 0 Å². The van der Waals surface area contributed by atoms with Gasteiger partial charge >= 0.3 is 5.97 Å². The number of benzene rings is 1. The minimum atomic E-state index is -1.26. The number of piperidine rings is 1. The van der Waals surface area contributed by atoms with Crippen molar-refractivity contribution in [1.29, 1.82) is 0 Å². The highest BCUT2D eigenvalue weighted by Gasteiger charge is 2.54. The van der Waals surface area contributed by atoms with E-state index in [9.17, 15) is 15.0 Å². The summed E-state index contributed by atoms with van der Waals surface area (Å²) in [5.41, 5.74) is 3.74. The number of para-hydroxylation sites is 1. The molecule has 1 aromatic heterocycles. The smallest absolute Gasteiger partial charge is 0.309 e. The molecule has 2 saturated heterocycles. The zero-order chi connectivity index (χ0) is 18.1. The summed E-state index contributed by atoms with van der Waals surface area (Å²) in [6, 6.07) is 8.54. The molecule has 5 atom stereocenters. The van der Waals surface area contributed by atoms with Crippen molar-refractivity contribution in [3.05, 3.63) is 35.5 Å². The van der Waals surface area contributed by atoms with Crippen molar-refractivity contribution in [2.24, 2.45) is 17.8 Å². The Balaban J connectivity index is 1.56. The van der Waals surface area contributed by atoms with Crippen molar-refractivity contribution >= 4 is 16.9 Å². The molecule has 138 valence electrons. The van der Waals surface area contributed by atoms with Crippen molar-refractivity contribution in [3.8, 4) is 0 Å². The Morgan fingerprint density at radius 3 is 3.00 bits per heavy atom. The predicted octanol–water partition coefficient (Wildman–Crippen LogP) is 2.14. The van der Waals surface area contributed by atoms with Gasteiger partial charge in [0.05, 0.1) is 18.6 Å². The van der Waals surface area contributed by atoms with E-state index < -0.39 is 17.7 Å². The minimum Gasteiger partial charge on any atom is -0.481 e. The molecular weight excluding hydrogens is 332 g/mol. The van der Waals surface area contributed by atoms with Crippen LogP contribution in [0.2, 0.25) is 0 Å². The number of nitrogens with zero attached hydrogens (tertiary/aromatic N) is 1. The number of H-pyrrole nitrogens is 1. The van der Waals surface area contributed by atoms with Crippen LogP contribution in [0.25, 0.3) is 10.9 Å². The summed E-state index contributed by atoms with van der Waals surface area (Å²) in [6.07, 6.45) is 1.71. The van der Waals surface area contributed by atoms with Crippen molar-refractivity contribution in [2.45, 2.75) is 31.6 Å². The summed E-state index contributed by atoms with van der Waals surface area (Å²) >= 11 is 0. The van der Waals surface area contributed by atoms with E-state index in [0.717, 1.165) is 24.9 Å². The number of fused-ring (bicyclic) bond motifs is 6. The SMILES string of the molecule is C[C@@]1(O)OCC(C(=O)O)[C@H]2C[C@H]3c4[nH]c5ccccc5c4CCN3C[C@@H]21. The molecule has 2 aromatic rings. The summed E-state index contributed by atoms with van der Waals surface area (Å²) in [5, 5.41) is 21.7. The van der Waals surface area contributed by atoms with Gasteiger partial charge in [-0.3, -0.25) is 9.69 Å². The van der Waals surface area contributed by atoms with Crippen LogP contribution in [0.3, 0.4) is 0 Å². The zero-order valence-electron chi connectivity index (χ0n) is 14.8. The number of aliphatic carboxylic acids is 1. The molecule has 0 aliphatic carbocycles. The number of aromatic amines is 1. The van der Waals surface area contributed by atoms with Gasteiger partial charge < -0.3 is 19.9 Å². The number of aromatic nitrogens is 1. The molecule has 0 saturated carbocycles. The van der Waals surface area contributed by atoms with E-state index in [2.05, 4.69) is 28.1 Å². The summed E-state index contributed by atoms with van der Waals surface area (Å²) in [4.78, 5) is 17.8. The summed E-state index contributed by atoms with van der Waals surface area (Å²) in [5.74, 6) is -2.91. The van der Waals surface area contributed by atoms with Gasteiger partial charge in [-0.25, -0.2) is 0 Å². The Hall–Kier alpha value is -1.89. The first-order chi connectivity index (χ1) is 12.5. The maximum atomic E-state index is 11.8. The van der Waals surface area contributed by atoms with Crippen LogP contribution in [0.15, 0.2) is 24.3 Å². The van der Waals surface area contributed by atoms with Gasteiger partial charge in [0.2, 0.25) is 0 Å².